The summed E-state index contributed by atoms with van der Waals surface area (Å²) in [5.41, 5.74) is 1.83. The molecular formula is C12H16N4O2S. The molecule has 0 unspecified atom stereocenters. The molecular weight excluding hydrogens is 264 g/mol. The molecule has 2 heterocycles. The number of carbonyl (C=O) groups excluding carboxylic acids is 1. The van der Waals surface area contributed by atoms with Crippen LogP contribution in [0.5, 0.6) is 0 Å². The first-order valence-corrected chi connectivity index (χ1v) is 6.90. The molecule has 0 spiro atoms. The largest absolute Gasteiger partial charge is 0.292 e. The standard InChI is InChI=1S/C12H16N4O2S/c1-3-4-8-5-9-11(19-8)14-6-16(12(9)18)7(2)10(17)15-13/h5-7H,3-4,13H2,1-2H3,(H,15,17)/t7-/m1/s1. The molecule has 7 heteroatoms. The maximum Gasteiger partial charge on any atom is 0.262 e. The van der Waals surface area contributed by atoms with Gasteiger partial charge in [0.1, 0.15) is 10.9 Å². The predicted octanol–water partition coefficient (Wildman–Crippen LogP) is 0.961. The van der Waals surface area contributed by atoms with E-state index in [0.717, 1.165) is 17.7 Å². The molecule has 0 saturated heterocycles. The van der Waals surface area contributed by atoms with Crippen LogP contribution in [0.25, 0.3) is 10.2 Å². The second-order valence-electron chi connectivity index (χ2n) is 4.32. The Hall–Kier alpha value is -1.73. The normalized spacial score (nSPS) is 12.6. The third-order valence-corrected chi connectivity index (χ3v) is 4.07. The Bertz CT molecular complexity index is 661. The van der Waals surface area contributed by atoms with Crippen molar-refractivity contribution >= 4 is 27.5 Å². The van der Waals surface area contributed by atoms with E-state index >= 15 is 0 Å². The van der Waals surface area contributed by atoms with Crippen molar-refractivity contribution in [2.75, 3.05) is 0 Å². The SMILES string of the molecule is CCCc1cc2c(=O)n([C@H](C)C(=O)NN)cnc2s1. The van der Waals surface area contributed by atoms with Gasteiger partial charge in [0.2, 0.25) is 0 Å². The number of nitrogens with one attached hydrogen (secondary N) is 1. The summed E-state index contributed by atoms with van der Waals surface area (Å²) in [4.78, 5) is 29.9. The minimum Gasteiger partial charge on any atom is -0.292 e. The van der Waals surface area contributed by atoms with Crippen molar-refractivity contribution in [1.82, 2.24) is 15.0 Å². The first kappa shape index (κ1) is 13.7. The number of hydrogen-bond donors (Lipinski definition) is 2. The van der Waals surface area contributed by atoms with Crippen molar-refractivity contribution in [2.24, 2.45) is 5.84 Å². The number of carbonyl (C=O) groups is 1. The van der Waals surface area contributed by atoms with Gasteiger partial charge in [0.15, 0.2) is 0 Å². The summed E-state index contributed by atoms with van der Waals surface area (Å²) in [7, 11) is 0. The number of amides is 1. The summed E-state index contributed by atoms with van der Waals surface area (Å²) >= 11 is 1.52. The Morgan fingerprint density at radius 3 is 3.00 bits per heavy atom. The van der Waals surface area contributed by atoms with E-state index in [2.05, 4.69) is 11.9 Å². The van der Waals surface area contributed by atoms with Crippen LogP contribution in [-0.2, 0) is 11.2 Å². The Kier molecular flexibility index (Phi) is 3.96. The minimum absolute atomic E-state index is 0.209. The second-order valence-corrected chi connectivity index (χ2v) is 5.44. The fourth-order valence-corrected chi connectivity index (χ4v) is 2.97. The summed E-state index contributed by atoms with van der Waals surface area (Å²) in [6, 6.07) is 1.19. The van der Waals surface area contributed by atoms with Crippen LogP contribution < -0.4 is 16.8 Å². The highest BCUT2D eigenvalue weighted by Crippen LogP contribution is 2.22. The van der Waals surface area contributed by atoms with Crippen molar-refractivity contribution in [3.8, 4) is 0 Å². The zero-order chi connectivity index (χ0) is 14.0. The minimum atomic E-state index is -0.677. The van der Waals surface area contributed by atoms with Crippen LogP contribution in [-0.4, -0.2) is 15.5 Å². The van der Waals surface area contributed by atoms with Gasteiger partial charge in [0, 0.05) is 4.88 Å². The number of thiophene rings is 1. The summed E-state index contributed by atoms with van der Waals surface area (Å²) in [5, 5.41) is 0.563. The van der Waals surface area contributed by atoms with Gasteiger partial charge in [-0.1, -0.05) is 13.3 Å². The Morgan fingerprint density at radius 1 is 1.63 bits per heavy atom. The van der Waals surface area contributed by atoms with E-state index in [0.29, 0.717) is 10.2 Å². The van der Waals surface area contributed by atoms with Gasteiger partial charge in [0.05, 0.1) is 11.7 Å². The van der Waals surface area contributed by atoms with E-state index in [4.69, 9.17) is 5.84 Å². The Balaban J connectivity index is 2.51. The zero-order valence-electron chi connectivity index (χ0n) is 10.8. The van der Waals surface area contributed by atoms with Gasteiger partial charge in [-0.2, -0.15) is 0 Å². The molecule has 2 aromatic rings. The average Bonchev–Trinajstić information content (AvgIpc) is 2.81. The molecule has 102 valence electrons. The maximum atomic E-state index is 12.3. The summed E-state index contributed by atoms with van der Waals surface area (Å²) in [6.07, 6.45) is 3.35. The number of aryl methyl sites for hydroxylation is 1. The molecule has 0 aliphatic heterocycles. The first-order chi connectivity index (χ1) is 9.08. The monoisotopic (exact) mass is 280 g/mol. The molecule has 0 fully saturated rings. The third-order valence-electron chi connectivity index (χ3n) is 2.96. The number of fused-ring (bicyclic) bond motifs is 1. The lowest BCUT2D eigenvalue weighted by Gasteiger charge is -2.12. The molecule has 0 radical (unpaired) electrons. The smallest absolute Gasteiger partial charge is 0.262 e. The molecule has 19 heavy (non-hydrogen) atoms. The fourth-order valence-electron chi connectivity index (χ4n) is 1.88. The highest BCUT2D eigenvalue weighted by Gasteiger charge is 2.17. The van der Waals surface area contributed by atoms with E-state index in [1.807, 2.05) is 11.5 Å². The molecule has 0 bridgehead atoms. The molecule has 0 aliphatic rings. The van der Waals surface area contributed by atoms with E-state index < -0.39 is 11.9 Å². The Labute approximate surface area is 114 Å². The third kappa shape index (κ3) is 2.52. The van der Waals surface area contributed by atoms with E-state index in [-0.39, 0.29) is 5.56 Å². The molecule has 2 rings (SSSR count). The van der Waals surface area contributed by atoms with Crippen LogP contribution in [0, 0.1) is 0 Å². The van der Waals surface area contributed by atoms with Crippen molar-refractivity contribution in [2.45, 2.75) is 32.7 Å². The van der Waals surface area contributed by atoms with Gasteiger partial charge < -0.3 is 0 Å². The van der Waals surface area contributed by atoms with Crippen LogP contribution in [0.4, 0.5) is 0 Å². The number of aromatic nitrogens is 2. The Morgan fingerprint density at radius 2 is 2.37 bits per heavy atom. The van der Waals surface area contributed by atoms with Gasteiger partial charge in [-0.15, -0.1) is 11.3 Å². The van der Waals surface area contributed by atoms with Gasteiger partial charge in [-0.25, -0.2) is 10.8 Å². The summed E-state index contributed by atoms with van der Waals surface area (Å²) in [6.45, 7) is 3.69. The molecule has 6 nitrogen and oxygen atoms in total. The zero-order valence-corrected chi connectivity index (χ0v) is 11.7. The van der Waals surface area contributed by atoms with Gasteiger partial charge in [-0.05, 0) is 19.4 Å². The number of rotatable bonds is 4. The topological polar surface area (TPSA) is 90.0 Å². The van der Waals surface area contributed by atoms with Crippen molar-refractivity contribution in [1.29, 1.82) is 0 Å². The van der Waals surface area contributed by atoms with Crippen LogP contribution in [0.2, 0.25) is 0 Å². The predicted molar refractivity (Wildman–Crippen MR) is 74.9 cm³/mol. The van der Waals surface area contributed by atoms with Crippen LogP contribution in [0.3, 0.4) is 0 Å². The van der Waals surface area contributed by atoms with E-state index in [9.17, 15) is 9.59 Å². The summed E-state index contributed by atoms with van der Waals surface area (Å²) in [5.74, 6) is 4.66. The molecule has 1 atom stereocenters. The van der Waals surface area contributed by atoms with Crippen molar-refractivity contribution in [3.05, 3.63) is 27.6 Å². The average molecular weight is 280 g/mol. The van der Waals surface area contributed by atoms with Crippen molar-refractivity contribution in [3.63, 3.8) is 0 Å². The lowest BCUT2D eigenvalue weighted by Crippen LogP contribution is -2.39. The molecule has 3 N–H and O–H groups in total. The molecule has 2 aromatic heterocycles. The number of hydrazine groups is 1. The molecule has 0 aromatic carbocycles. The fraction of sp³-hybridized carbons (Fsp3) is 0.417. The van der Waals surface area contributed by atoms with Crippen LogP contribution in [0.15, 0.2) is 17.2 Å². The molecule has 1 amide bonds. The van der Waals surface area contributed by atoms with E-state index in [1.165, 1.54) is 22.2 Å². The van der Waals surface area contributed by atoms with E-state index in [1.54, 1.807) is 6.92 Å². The summed E-state index contributed by atoms with van der Waals surface area (Å²) < 4.78 is 1.30. The van der Waals surface area contributed by atoms with Gasteiger partial charge in [0.25, 0.3) is 11.5 Å². The highest BCUT2D eigenvalue weighted by molar-refractivity contribution is 7.18. The lowest BCUT2D eigenvalue weighted by atomic mass is 10.2. The van der Waals surface area contributed by atoms with Crippen LogP contribution in [0.1, 0.15) is 31.2 Å². The second kappa shape index (κ2) is 5.50. The number of hydrogen-bond acceptors (Lipinski definition) is 5. The van der Waals surface area contributed by atoms with Gasteiger partial charge in [-0.3, -0.25) is 19.6 Å². The quantitative estimate of drug-likeness (QED) is 0.496. The lowest BCUT2D eigenvalue weighted by molar-refractivity contribution is -0.124. The molecule has 0 aliphatic carbocycles. The highest BCUT2D eigenvalue weighted by atomic mass is 32.1. The number of nitrogens with zero attached hydrogens (tertiary/aromatic N) is 2. The van der Waals surface area contributed by atoms with Gasteiger partial charge >= 0.3 is 0 Å². The molecule has 0 saturated carbocycles. The number of nitrogens with two attached hydrogens (primary N) is 1. The van der Waals surface area contributed by atoms with Crippen LogP contribution >= 0.6 is 11.3 Å². The van der Waals surface area contributed by atoms with Crippen molar-refractivity contribution < 1.29 is 4.79 Å². The first-order valence-electron chi connectivity index (χ1n) is 6.08. The maximum absolute atomic E-state index is 12.3.